The summed E-state index contributed by atoms with van der Waals surface area (Å²) in [7, 11) is 3.34. The zero-order chi connectivity index (χ0) is 19.9. The Morgan fingerprint density at radius 1 is 1.07 bits per heavy atom. The van der Waals surface area contributed by atoms with Crippen LogP contribution in [-0.2, 0) is 16.0 Å². The molecule has 1 aromatic heterocycles. The van der Waals surface area contributed by atoms with Crippen molar-refractivity contribution in [1.29, 1.82) is 0 Å². The van der Waals surface area contributed by atoms with Crippen molar-refractivity contribution in [3.05, 3.63) is 66.6 Å². The van der Waals surface area contributed by atoms with Crippen LogP contribution >= 0.6 is 0 Å². The molecule has 0 bridgehead atoms. The van der Waals surface area contributed by atoms with E-state index in [1.807, 2.05) is 30.3 Å². The molecule has 7 nitrogen and oxygen atoms in total. The van der Waals surface area contributed by atoms with Crippen LogP contribution in [0.25, 0.3) is 11.5 Å². The molecular formula is C21H21N3O4. The van der Waals surface area contributed by atoms with Gasteiger partial charge in [-0.05, 0) is 36.4 Å². The van der Waals surface area contributed by atoms with Crippen molar-refractivity contribution in [2.75, 3.05) is 26.0 Å². The molecule has 0 atom stereocenters. The summed E-state index contributed by atoms with van der Waals surface area (Å²) in [6.45, 7) is -0.0331. The first-order valence-corrected chi connectivity index (χ1v) is 8.74. The van der Waals surface area contributed by atoms with Crippen LogP contribution in [0.15, 0.2) is 65.3 Å². The standard InChI is InChI=1S/C21H21N3O4/c1-24(2)20(26)14-27-18-10-8-16(9-11-18)22-19(25)12-17-13-28-21(23-17)15-6-4-3-5-7-15/h3-11,13H,12,14H2,1-2H3,(H,22,25). The highest BCUT2D eigenvalue weighted by Gasteiger charge is 2.11. The van der Waals surface area contributed by atoms with E-state index in [9.17, 15) is 9.59 Å². The molecule has 0 saturated carbocycles. The highest BCUT2D eigenvalue weighted by Crippen LogP contribution is 2.19. The second-order valence-electron chi connectivity index (χ2n) is 6.34. The molecule has 0 aliphatic heterocycles. The van der Waals surface area contributed by atoms with Crippen LogP contribution in [0.3, 0.4) is 0 Å². The van der Waals surface area contributed by atoms with Crippen LogP contribution in [0.2, 0.25) is 0 Å². The number of nitrogens with zero attached hydrogens (tertiary/aromatic N) is 2. The van der Waals surface area contributed by atoms with Gasteiger partial charge < -0.3 is 19.4 Å². The Bertz CT molecular complexity index is 934. The zero-order valence-corrected chi connectivity index (χ0v) is 15.7. The third-order valence-corrected chi connectivity index (χ3v) is 3.91. The van der Waals surface area contributed by atoms with Gasteiger partial charge in [-0.2, -0.15) is 0 Å². The predicted octanol–water partition coefficient (Wildman–Crippen LogP) is 2.99. The van der Waals surface area contributed by atoms with Gasteiger partial charge in [-0.25, -0.2) is 4.98 Å². The fourth-order valence-electron chi connectivity index (χ4n) is 2.38. The summed E-state index contributed by atoms with van der Waals surface area (Å²) < 4.78 is 10.8. The Kier molecular flexibility index (Phi) is 6.06. The summed E-state index contributed by atoms with van der Waals surface area (Å²) in [4.78, 5) is 29.6. The van der Waals surface area contributed by atoms with Gasteiger partial charge in [0, 0.05) is 25.3 Å². The lowest BCUT2D eigenvalue weighted by atomic mass is 10.2. The van der Waals surface area contributed by atoms with Gasteiger partial charge in [0.2, 0.25) is 11.8 Å². The highest BCUT2D eigenvalue weighted by atomic mass is 16.5. The maximum Gasteiger partial charge on any atom is 0.259 e. The van der Waals surface area contributed by atoms with E-state index in [1.54, 1.807) is 38.4 Å². The molecule has 0 aliphatic carbocycles. The molecule has 1 heterocycles. The summed E-state index contributed by atoms with van der Waals surface area (Å²) in [5, 5.41) is 2.80. The maximum atomic E-state index is 12.2. The Labute approximate surface area is 162 Å². The fourth-order valence-corrected chi connectivity index (χ4v) is 2.38. The van der Waals surface area contributed by atoms with E-state index in [1.165, 1.54) is 11.2 Å². The van der Waals surface area contributed by atoms with Gasteiger partial charge in [0.1, 0.15) is 12.0 Å². The molecule has 0 saturated heterocycles. The van der Waals surface area contributed by atoms with Crippen LogP contribution in [0, 0.1) is 0 Å². The second kappa shape index (κ2) is 8.85. The molecule has 0 unspecified atom stereocenters. The Morgan fingerprint density at radius 3 is 2.46 bits per heavy atom. The number of anilines is 1. The van der Waals surface area contributed by atoms with Gasteiger partial charge in [0.05, 0.1) is 12.1 Å². The number of nitrogens with one attached hydrogen (secondary N) is 1. The average Bonchev–Trinajstić information content (AvgIpc) is 3.16. The lowest BCUT2D eigenvalue weighted by molar-refractivity contribution is -0.130. The number of benzene rings is 2. The van der Waals surface area contributed by atoms with Gasteiger partial charge in [-0.3, -0.25) is 9.59 Å². The van der Waals surface area contributed by atoms with Crippen LogP contribution < -0.4 is 10.1 Å². The molecule has 144 valence electrons. The first-order chi connectivity index (χ1) is 13.5. The topological polar surface area (TPSA) is 84.7 Å². The fraction of sp³-hybridized carbons (Fsp3) is 0.190. The predicted molar refractivity (Wildman–Crippen MR) is 105 cm³/mol. The van der Waals surface area contributed by atoms with Crippen LogP contribution in [-0.4, -0.2) is 42.4 Å². The number of carbonyl (C=O) groups excluding carboxylic acids is 2. The van der Waals surface area contributed by atoms with E-state index < -0.39 is 0 Å². The van der Waals surface area contributed by atoms with E-state index in [0.717, 1.165) is 5.56 Å². The van der Waals surface area contributed by atoms with Crippen molar-refractivity contribution in [2.24, 2.45) is 0 Å². The van der Waals surface area contributed by atoms with Gasteiger partial charge >= 0.3 is 0 Å². The van der Waals surface area contributed by atoms with E-state index in [-0.39, 0.29) is 24.8 Å². The van der Waals surface area contributed by atoms with Gasteiger partial charge in [0.25, 0.3) is 5.91 Å². The largest absolute Gasteiger partial charge is 0.484 e. The van der Waals surface area contributed by atoms with E-state index in [4.69, 9.17) is 9.15 Å². The molecule has 7 heteroatoms. The second-order valence-corrected chi connectivity index (χ2v) is 6.34. The number of likely N-dealkylation sites (N-methyl/N-ethyl adjacent to an activating group) is 1. The third kappa shape index (κ3) is 5.20. The average molecular weight is 379 g/mol. The molecule has 2 aromatic carbocycles. The minimum Gasteiger partial charge on any atom is -0.484 e. The first kappa shape index (κ1) is 19.2. The molecule has 1 N–H and O–H groups in total. The summed E-state index contributed by atoms with van der Waals surface area (Å²) in [6.07, 6.45) is 1.59. The van der Waals surface area contributed by atoms with E-state index in [2.05, 4.69) is 10.3 Å². The van der Waals surface area contributed by atoms with Crippen LogP contribution in [0.5, 0.6) is 5.75 Å². The number of aromatic nitrogens is 1. The Balaban J connectivity index is 1.52. The van der Waals surface area contributed by atoms with Gasteiger partial charge in [-0.15, -0.1) is 0 Å². The maximum absolute atomic E-state index is 12.2. The number of carbonyl (C=O) groups is 2. The normalized spacial score (nSPS) is 10.4. The molecule has 0 spiro atoms. The van der Waals surface area contributed by atoms with Crippen molar-refractivity contribution in [3.63, 3.8) is 0 Å². The van der Waals surface area contributed by atoms with Crippen LogP contribution in [0.1, 0.15) is 5.69 Å². The van der Waals surface area contributed by atoms with Crippen molar-refractivity contribution in [1.82, 2.24) is 9.88 Å². The number of rotatable bonds is 7. The Morgan fingerprint density at radius 2 is 1.79 bits per heavy atom. The zero-order valence-electron chi connectivity index (χ0n) is 15.7. The smallest absolute Gasteiger partial charge is 0.259 e. The minimum atomic E-state index is -0.204. The number of amides is 2. The first-order valence-electron chi connectivity index (χ1n) is 8.74. The van der Waals surface area contributed by atoms with Crippen molar-refractivity contribution in [2.45, 2.75) is 6.42 Å². The molecular weight excluding hydrogens is 358 g/mol. The highest BCUT2D eigenvalue weighted by molar-refractivity contribution is 5.92. The minimum absolute atomic E-state index is 0.0331. The van der Waals surface area contributed by atoms with E-state index in [0.29, 0.717) is 23.0 Å². The van der Waals surface area contributed by atoms with Crippen molar-refractivity contribution in [3.8, 4) is 17.2 Å². The molecule has 3 rings (SSSR count). The molecule has 0 radical (unpaired) electrons. The third-order valence-electron chi connectivity index (χ3n) is 3.91. The van der Waals surface area contributed by atoms with Crippen LogP contribution in [0.4, 0.5) is 5.69 Å². The van der Waals surface area contributed by atoms with Crippen molar-refractivity contribution < 1.29 is 18.7 Å². The van der Waals surface area contributed by atoms with Gasteiger partial charge in [-0.1, -0.05) is 18.2 Å². The molecule has 28 heavy (non-hydrogen) atoms. The summed E-state index contributed by atoms with van der Waals surface area (Å²) >= 11 is 0. The van der Waals surface area contributed by atoms with Crippen molar-refractivity contribution >= 4 is 17.5 Å². The Hall–Kier alpha value is -3.61. The molecule has 0 fully saturated rings. The number of hydrogen-bond donors (Lipinski definition) is 1. The number of hydrogen-bond acceptors (Lipinski definition) is 5. The van der Waals surface area contributed by atoms with E-state index >= 15 is 0 Å². The number of ether oxygens (including phenoxy) is 1. The lowest BCUT2D eigenvalue weighted by Crippen LogP contribution is -2.27. The lowest BCUT2D eigenvalue weighted by Gasteiger charge is -2.11. The van der Waals surface area contributed by atoms with Gasteiger partial charge in [0.15, 0.2) is 6.61 Å². The SMILES string of the molecule is CN(C)C(=O)COc1ccc(NC(=O)Cc2coc(-c3ccccc3)n2)cc1. The summed E-state index contributed by atoms with van der Waals surface area (Å²) in [6, 6.07) is 16.3. The molecule has 2 amide bonds. The monoisotopic (exact) mass is 379 g/mol. The quantitative estimate of drug-likeness (QED) is 0.682. The summed E-state index contributed by atoms with van der Waals surface area (Å²) in [5.41, 5.74) is 2.04. The molecule has 0 aliphatic rings. The number of oxazole rings is 1. The summed E-state index contributed by atoms with van der Waals surface area (Å²) in [5.74, 6) is 0.707. The molecule has 3 aromatic rings.